The standard InChI is InChI=1S/C20H24N4O4/c1-27-17-5-3-2-4-16(17)24-12-13(10-19(24)26)15-11-18(25)23-20(22-15)21-14-6-8-28-9-7-14/h2-5,11,13-14H,6-10,12H2,1H3,(H2,21,22,23,25)/t13-/m1/s1. The molecule has 0 bridgehead atoms. The first-order chi connectivity index (χ1) is 13.6. The number of benzene rings is 1. The van der Waals surface area contributed by atoms with Crippen molar-refractivity contribution in [3.8, 4) is 5.75 Å². The first kappa shape index (κ1) is 18.5. The molecule has 0 spiro atoms. The molecule has 2 N–H and O–H groups in total. The summed E-state index contributed by atoms with van der Waals surface area (Å²) in [7, 11) is 1.59. The minimum atomic E-state index is -0.220. The zero-order valence-electron chi connectivity index (χ0n) is 15.8. The van der Waals surface area contributed by atoms with Gasteiger partial charge in [0.25, 0.3) is 5.56 Å². The SMILES string of the molecule is COc1ccccc1N1C[C@H](c2cc(=O)[nH]c(NC3CCOCC3)n2)CC1=O. The topological polar surface area (TPSA) is 96.6 Å². The van der Waals surface area contributed by atoms with Gasteiger partial charge < -0.3 is 19.7 Å². The largest absolute Gasteiger partial charge is 0.495 e. The molecule has 0 radical (unpaired) electrons. The van der Waals surface area contributed by atoms with Gasteiger partial charge in [-0.25, -0.2) is 4.98 Å². The number of methoxy groups -OCH3 is 1. The average Bonchev–Trinajstić information content (AvgIpc) is 3.10. The van der Waals surface area contributed by atoms with Crippen LogP contribution in [0.15, 0.2) is 35.1 Å². The van der Waals surface area contributed by atoms with Gasteiger partial charge in [0, 0.05) is 44.2 Å². The van der Waals surface area contributed by atoms with Crippen molar-refractivity contribution in [1.82, 2.24) is 9.97 Å². The summed E-state index contributed by atoms with van der Waals surface area (Å²) < 4.78 is 10.8. The van der Waals surface area contributed by atoms with E-state index >= 15 is 0 Å². The van der Waals surface area contributed by atoms with Crippen molar-refractivity contribution in [3.05, 3.63) is 46.4 Å². The van der Waals surface area contributed by atoms with E-state index in [-0.39, 0.29) is 23.4 Å². The van der Waals surface area contributed by atoms with Crippen LogP contribution in [0.3, 0.4) is 0 Å². The summed E-state index contributed by atoms with van der Waals surface area (Å²) >= 11 is 0. The first-order valence-corrected chi connectivity index (χ1v) is 9.53. The van der Waals surface area contributed by atoms with Gasteiger partial charge in [0.15, 0.2) is 0 Å². The van der Waals surface area contributed by atoms with Crippen LogP contribution in [0.25, 0.3) is 0 Å². The van der Waals surface area contributed by atoms with Crippen molar-refractivity contribution >= 4 is 17.5 Å². The number of rotatable bonds is 5. The molecule has 2 saturated heterocycles. The van der Waals surface area contributed by atoms with Crippen molar-refractivity contribution in [2.24, 2.45) is 0 Å². The molecule has 8 nitrogen and oxygen atoms in total. The number of hydrogen-bond donors (Lipinski definition) is 2. The molecule has 0 unspecified atom stereocenters. The molecule has 28 heavy (non-hydrogen) atoms. The number of aromatic nitrogens is 2. The third kappa shape index (κ3) is 3.87. The Bertz CT molecular complexity index is 907. The molecular formula is C20H24N4O4. The van der Waals surface area contributed by atoms with E-state index in [0.717, 1.165) is 18.5 Å². The summed E-state index contributed by atoms with van der Waals surface area (Å²) in [5.74, 6) is 0.959. The van der Waals surface area contributed by atoms with E-state index in [1.165, 1.54) is 6.07 Å². The Labute approximate surface area is 162 Å². The summed E-state index contributed by atoms with van der Waals surface area (Å²) in [4.78, 5) is 33.9. The number of anilines is 2. The highest BCUT2D eigenvalue weighted by atomic mass is 16.5. The van der Waals surface area contributed by atoms with Crippen molar-refractivity contribution in [2.75, 3.05) is 37.1 Å². The molecule has 1 aromatic heterocycles. The van der Waals surface area contributed by atoms with Crippen molar-refractivity contribution in [2.45, 2.75) is 31.2 Å². The molecule has 2 aliphatic rings. The molecule has 2 fully saturated rings. The lowest BCUT2D eigenvalue weighted by atomic mass is 10.0. The molecule has 8 heteroatoms. The van der Waals surface area contributed by atoms with E-state index in [1.807, 2.05) is 24.3 Å². The van der Waals surface area contributed by atoms with Crippen LogP contribution < -0.4 is 20.5 Å². The molecule has 0 aliphatic carbocycles. The number of para-hydroxylation sites is 2. The lowest BCUT2D eigenvalue weighted by Crippen LogP contribution is -2.30. The summed E-state index contributed by atoms with van der Waals surface area (Å²) in [6.07, 6.45) is 2.06. The molecule has 0 saturated carbocycles. The quantitative estimate of drug-likeness (QED) is 0.817. The van der Waals surface area contributed by atoms with Crippen LogP contribution in [-0.2, 0) is 9.53 Å². The molecule has 4 rings (SSSR count). The molecular weight excluding hydrogens is 360 g/mol. The van der Waals surface area contributed by atoms with Gasteiger partial charge in [-0.2, -0.15) is 0 Å². The van der Waals surface area contributed by atoms with E-state index in [2.05, 4.69) is 15.3 Å². The van der Waals surface area contributed by atoms with E-state index in [0.29, 0.717) is 43.6 Å². The van der Waals surface area contributed by atoms with Gasteiger partial charge in [0.1, 0.15) is 5.75 Å². The van der Waals surface area contributed by atoms with Crippen LogP contribution in [0.4, 0.5) is 11.6 Å². The highest BCUT2D eigenvalue weighted by molar-refractivity contribution is 5.97. The number of carbonyl (C=O) groups excluding carboxylic acids is 1. The number of amides is 1. The Balaban J connectivity index is 1.54. The second-order valence-electron chi connectivity index (χ2n) is 7.13. The fourth-order valence-corrected chi connectivity index (χ4v) is 3.78. The summed E-state index contributed by atoms with van der Waals surface area (Å²) in [5.41, 5.74) is 1.15. The van der Waals surface area contributed by atoms with Crippen LogP contribution >= 0.6 is 0 Å². The number of hydrogen-bond acceptors (Lipinski definition) is 6. The molecule has 1 amide bonds. The fourth-order valence-electron chi connectivity index (χ4n) is 3.78. The molecule has 3 heterocycles. The zero-order chi connectivity index (χ0) is 19.5. The summed E-state index contributed by atoms with van der Waals surface area (Å²) in [6, 6.07) is 9.15. The van der Waals surface area contributed by atoms with Gasteiger partial charge in [-0.15, -0.1) is 0 Å². The number of H-pyrrole nitrogens is 1. The maximum atomic E-state index is 12.6. The Morgan fingerprint density at radius 1 is 1.25 bits per heavy atom. The van der Waals surface area contributed by atoms with Crippen LogP contribution in [0.5, 0.6) is 5.75 Å². The van der Waals surface area contributed by atoms with Crippen LogP contribution in [0.1, 0.15) is 30.9 Å². The van der Waals surface area contributed by atoms with Gasteiger partial charge in [-0.05, 0) is 25.0 Å². The monoisotopic (exact) mass is 384 g/mol. The molecule has 1 aromatic carbocycles. The van der Waals surface area contributed by atoms with Gasteiger partial charge in [0.05, 0.1) is 18.5 Å². The van der Waals surface area contributed by atoms with E-state index in [4.69, 9.17) is 9.47 Å². The summed E-state index contributed by atoms with van der Waals surface area (Å²) in [6.45, 7) is 1.87. The maximum Gasteiger partial charge on any atom is 0.252 e. The minimum Gasteiger partial charge on any atom is -0.495 e. The average molecular weight is 384 g/mol. The van der Waals surface area contributed by atoms with Crippen LogP contribution in [0.2, 0.25) is 0 Å². The Morgan fingerprint density at radius 2 is 2.04 bits per heavy atom. The second-order valence-corrected chi connectivity index (χ2v) is 7.13. The third-order valence-electron chi connectivity index (χ3n) is 5.24. The van der Waals surface area contributed by atoms with E-state index in [9.17, 15) is 9.59 Å². The van der Waals surface area contributed by atoms with E-state index < -0.39 is 0 Å². The summed E-state index contributed by atoms with van der Waals surface area (Å²) in [5, 5.41) is 3.29. The molecule has 1 atom stereocenters. The highest BCUT2D eigenvalue weighted by Gasteiger charge is 2.34. The Hall–Kier alpha value is -2.87. The lowest BCUT2D eigenvalue weighted by molar-refractivity contribution is -0.117. The number of nitrogens with zero attached hydrogens (tertiary/aromatic N) is 2. The normalized spacial score (nSPS) is 20.4. The third-order valence-corrected chi connectivity index (χ3v) is 5.24. The second kappa shape index (κ2) is 8.02. The number of carbonyl (C=O) groups is 1. The van der Waals surface area contributed by atoms with E-state index in [1.54, 1.807) is 12.0 Å². The molecule has 2 aliphatic heterocycles. The number of nitrogens with one attached hydrogen (secondary N) is 2. The van der Waals surface area contributed by atoms with Crippen molar-refractivity contribution in [1.29, 1.82) is 0 Å². The minimum absolute atomic E-state index is 0.00415. The van der Waals surface area contributed by atoms with Crippen molar-refractivity contribution in [3.63, 3.8) is 0 Å². The smallest absolute Gasteiger partial charge is 0.252 e. The highest BCUT2D eigenvalue weighted by Crippen LogP contribution is 2.35. The van der Waals surface area contributed by atoms with Gasteiger partial charge in [-0.1, -0.05) is 12.1 Å². The van der Waals surface area contributed by atoms with Gasteiger partial charge in [0.2, 0.25) is 11.9 Å². The predicted molar refractivity (Wildman–Crippen MR) is 105 cm³/mol. The van der Waals surface area contributed by atoms with Crippen LogP contribution in [-0.4, -0.2) is 48.8 Å². The zero-order valence-corrected chi connectivity index (χ0v) is 15.8. The molecule has 148 valence electrons. The Kier molecular flexibility index (Phi) is 5.29. The van der Waals surface area contributed by atoms with Crippen molar-refractivity contribution < 1.29 is 14.3 Å². The van der Waals surface area contributed by atoms with Gasteiger partial charge in [-0.3, -0.25) is 14.6 Å². The predicted octanol–water partition coefficient (Wildman–Crippen LogP) is 1.89. The number of aromatic amines is 1. The first-order valence-electron chi connectivity index (χ1n) is 9.53. The maximum absolute atomic E-state index is 12.6. The van der Waals surface area contributed by atoms with Crippen LogP contribution in [0, 0.1) is 0 Å². The lowest BCUT2D eigenvalue weighted by Gasteiger charge is -2.23. The fraction of sp³-hybridized carbons (Fsp3) is 0.450. The molecule has 2 aromatic rings. The van der Waals surface area contributed by atoms with Gasteiger partial charge >= 0.3 is 0 Å². The number of ether oxygens (including phenoxy) is 2. The Morgan fingerprint density at radius 3 is 2.82 bits per heavy atom.